The first kappa shape index (κ1) is 22.1. The lowest BCUT2D eigenvalue weighted by molar-refractivity contribution is -0.149. The number of hydrogen-bond acceptors (Lipinski definition) is 6. The molecule has 0 amide bonds. The van der Waals surface area contributed by atoms with E-state index in [1.165, 1.54) is 12.5 Å². The second kappa shape index (κ2) is 8.56. The molecule has 2 aromatic heterocycles. The number of rotatable bonds is 7. The van der Waals surface area contributed by atoms with E-state index in [9.17, 15) is 4.79 Å². The number of ether oxygens (including phenoxy) is 1. The van der Waals surface area contributed by atoms with Crippen molar-refractivity contribution in [1.29, 1.82) is 0 Å². The lowest BCUT2D eigenvalue weighted by atomic mass is 10.0. The molecule has 1 aliphatic rings. The van der Waals surface area contributed by atoms with E-state index in [1.54, 1.807) is 0 Å². The fourth-order valence-corrected chi connectivity index (χ4v) is 4.20. The molecule has 0 radical (unpaired) electrons. The molecular formula is C27H28N4O3. The van der Waals surface area contributed by atoms with Crippen molar-refractivity contribution in [3.05, 3.63) is 77.0 Å². The highest BCUT2D eigenvalue weighted by atomic mass is 16.6. The summed E-state index contributed by atoms with van der Waals surface area (Å²) in [5.41, 5.74) is 5.48. The molecule has 0 unspecified atom stereocenters. The van der Waals surface area contributed by atoms with Gasteiger partial charge in [-0.25, -0.2) is 0 Å². The van der Waals surface area contributed by atoms with Crippen molar-refractivity contribution in [1.82, 2.24) is 19.9 Å². The Bertz CT molecular complexity index is 1330. The SMILES string of the molecule is CC(=O)OC1(c2cccc(Cn3nc(-c4nc(-c5ccc(C(C)C)cc5)no4)cc3C)c2)CC1. The van der Waals surface area contributed by atoms with E-state index in [1.807, 2.05) is 41.9 Å². The van der Waals surface area contributed by atoms with E-state index in [2.05, 4.69) is 48.3 Å². The van der Waals surface area contributed by atoms with Crippen molar-refractivity contribution in [3.63, 3.8) is 0 Å². The second-order valence-electron chi connectivity index (χ2n) is 9.32. The van der Waals surface area contributed by atoms with Crippen molar-refractivity contribution in [2.24, 2.45) is 0 Å². The number of benzene rings is 2. The number of aromatic nitrogens is 4. The Hall–Kier alpha value is -3.74. The van der Waals surface area contributed by atoms with Crippen LogP contribution >= 0.6 is 0 Å². The van der Waals surface area contributed by atoms with Crippen molar-refractivity contribution in [2.75, 3.05) is 0 Å². The molecule has 4 aromatic rings. The highest BCUT2D eigenvalue weighted by Gasteiger charge is 2.48. The van der Waals surface area contributed by atoms with Crippen LogP contribution in [0.1, 0.15) is 61.9 Å². The summed E-state index contributed by atoms with van der Waals surface area (Å²) in [7, 11) is 0. The summed E-state index contributed by atoms with van der Waals surface area (Å²) < 4.78 is 13.0. The van der Waals surface area contributed by atoms with Gasteiger partial charge in [0.1, 0.15) is 5.60 Å². The zero-order valence-electron chi connectivity index (χ0n) is 19.9. The Labute approximate surface area is 198 Å². The van der Waals surface area contributed by atoms with Gasteiger partial charge in [0.25, 0.3) is 5.89 Å². The fraction of sp³-hybridized carbons (Fsp3) is 0.333. The molecule has 7 nitrogen and oxygen atoms in total. The summed E-state index contributed by atoms with van der Waals surface area (Å²) >= 11 is 0. The van der Waals surface area contributed by atoms with Crippen LogP contribution in [0.2, 0.25) is 0 Å². The molecule has 0 bridgehead atoms. The van der Waals surface area contributed by atoms with Crippen molar-refractivity contribution in [2.45, 2.75) is 58.6 Å². The van der Waals surface area contributed by atoms with Gasteiger partial charge >= 0.3 is 5.97 Å². The molecule has 0 spiro atoms. The van der Waals surface area contributed by atoms with Gasteiger partial charge in [0.2, 0.25) is 5.82 Å². The maximum Gasteiger partial charge on any atom is 0.303 e. The number of nitrogens with zero attached hydrogens (tertiary/aromatic N) is 4. The highest BCUT2D eigenvalue weighted by Crippen LogP contribution is 2.49. The van der Waals surface area contributed by atoms with Gasteiger partial charge in [0.15, 0.2) is 5.69 Å². The van der Waals surface area contributed by atoms with Crippen LogP contribution in [0.4, 0.5) is 0 Å². The Kier molecular flexibility index (Phi) is 5.55. The molecule has 0 N–H and O–H groups in total. The monoisotopic (exact) mass is 456 g/mol. The summed E-state index contributed by atoms with van der Waals surface area (Å²) in [6.45, 7) is 8.39. The minimum atomic E-state index is -0.459. The van der Waals surface area contributed by atoms with E-state index < -0.39 is 5.60 Å². The summed E-state index contributed by atoms with van der Waals surface area (Å²) in [5.74, 6) is 1.17. The molecule has 174 valence electrons. The quantitative estimate of drug-likeness (QED) is 0.335. The molecule has 7 heteroatoms. The molecule has 1 fully saturated rings. The third-order valence-electron chi connectivity index (χ3n) is 6.29. The van der Waals surface area contributed by atoms with E-state index in [-0.39, 0.29) is 5.97 Å². The lowest BCUT2D eigenvalue weighted by Crippen LogP contribution is -2.16. The molecule has 2 aromatic carbocycles. The van der Waals surface area contributed by atoms with Gasteiger partial charge in [-0.1, -0.05) is 61.5 Å². The molecule has 5 rings (SSSR count). The van der Waals surface area contributed by atoms with Gasteiger partial charge in [0.05, 0.1) is 6.54 Å². The van der Waals surface area contributed by atoms with E-state index >= 15 is 0 Å². The Morgan fingerprint density at radius 3 is 2.59 bits per heavy atom. The predicted molar refractivity (Wildman–Crippen MR) is 128 cm³/mol. The maximum atomic E-state index is 11.5. The highest BCUT2D eigenvalue weighted by molar-refractivity contribution is 5.67. The van der Waals surface area contributed by atoms with Crippen LogP contribution in [0.25, 0.3) is 23.0 Å². The van der Waals surface area contributed by atoms with Gasteiger partial charge in [-0.2, -0.15) is 10.1 Å². The summed E-state index contributed by atoms with van der Waals surface area (Å²) in [6.07, 6.45) is 1.72. The summed E-state index contributed by atoms with van der Waals surface area (Å²) in [6, 6.07) is 18.3. The Balaban J connectivity index is 1.35. The molecule has 1 aliphatic carbocycles. The smallest absolute Gasteiger partial charge is 0.303 e. The van der Waals surface area contributed by atoms with Crippen LogP contribution in [-0.2, 0) is 21.7 Å². The third-order valence-corrected chi connectivity index (χ3v) is 6.29. The van der Waals surface area contributed by atoms with Crippen LogP contribution in [0.15, 0.2) is 59.1 Å². The normalized spacial score (nSPS) is 14.4. The minimum Gasteiger partial charge on any atom is -0.454 e. The summed E-state index contributed by atoms with van der Waals surface area (Å²) in [5, 5.41) is 8.86. The zero-order chi connectivity index (χ0) is 23.9. The number of aryl methyl sites for hydroxylation is 1. The topological polar surface area (TPSA) is 83.0 Å². The zero-order valence-corrected chi connectivity index (χ0v) is 19.9. The minimum absolute atomic E-state index is 0.245. The van der Waals surface area contributed by atoms with E-state index in [4.69, 9.17) is 14.4 Å². The molecule has 0 saturated heterocycles. The molecular weight excluding hydrogens is 428 g/mol. The third kappa shape index (κ3) is 4.38. The van der Waals surface area contributed by atoms with Gasteiger partial charge in [-0.15, -0.1) is 0 Å². The van der Waals surface area contributed by atoms with Crippen LogP contribution in [0, 0.1) is 6.92 Å². The first-order valence-corrected chi connectivity index (χ1v) is 11.6. The van der Waals surface area contributed by atoms with Crippen LogP contribution in [0.3, 0.4) is 0 Å². The Morgan fingerprint density at radius 1 is 1.15 bits per heavy atom. The average molecular weight is 457 g/mol. The molecule has 34 heavy (non-hydrogen) atoms. The predicted octanol–water partition coefficient (Wildman–Crippen LogP) is 5.63. The van der Waals surface area contributed by atoms with Gasteiger partial charge in [-0.05, 0) is 54.5 Å². The van der Waals surface area contributed by atoms with Crippen molar-refractivity contribution >= 4 is 5.97 Å². The maximum absolute atomic E-state index is 11.5. The number of carbonyl (C=O) groups is 1. The van der Waals surface area contributed by atoms with Crippen molar-refractivity contribution in [3.8, 4) is 23.0 Å². The number of hydrogen-bond donors (Lipinski definition) is 0. The molecule has 0 aliphatic heterocycles. The number of carbonyl (C=O) groups excluding carboxylic acids is 1. The average Bonchev–Trinajstić information content (AvgIpc) is 3.25. The van der Waals surface area contributed by atoms with Crippen molar-refractivity contribution < 1.29 is 14.1 Å². The van der Waals surface area contributed by atoms with E-state index in [0.717, 1.165) is 35.2 Å². The summed E-state index contributed by atoms with van der Waals surface area (Å²) in [4.78, 5) is 16.1. The van der Waals surface area contributed by atoms with Crippen LogP contribution in [0.5, 0.6) is 0 Å². The fourth-order valence-electron chi connectivity index (χ4n) is 4.20. The molecule has 0 atom stereocenters. The van der Waals surface area contributed by atoms with Gasteiger partial charge in [0, 0.05) is 18.2 Å². The van der Waals surface area contributed by atoms with Crippen LogP contribution in [-0.4, -0.2) is 25.9 Å². The van der Waals surface area contributed by atoms with Gasteiger partial charge < -0.3 is 9.26 Å². The molecule has 1 saturated carbocycles. The largest absolute Gasteiger partial charge is 0.454 e. The second-order valence-corrected chi connectivity index (χ2v) is 9.32. The van der Waals surface area contributed by atoms with Gasteiger partial charge in [-0.3, -0.25) is 9.48 Å². The van der Waals surface area contributed by atoms with E-state index in [0.29, 0.717) is 29.9 Å². The molecule has 2 heterocycles. The number of esters is 1. The van der Waals surface area contributed by atoms with Crippen LogP contribution < -0.4 is 0 Å². The lowest BCUT2D eigenvalue weighted by Gasteiger charge is -2.17. The first-order valence-electron chi connectivity index (χ1n) is 11.6. The Morgan fingerprint density at radius 2 is 1.91 bits per heavy atom. The first-order chi connectivity index (χ1) is 16.3. The standard InChI is InChI=1S/C27H28N4O3/c1-17(2)21-8-10-22(11-9-21)25-28-26(34-30-25)24-14-18(3)31(29-24)16-20-6-5-7-23(15-20)27(12-13-27)33-19(4)32/h5-11,14-15,17H,12-13,16H2,1-4H3.